The lowest BCUT2D eigenvalue weighted by atomic mass is 9.99. The predicted molar refractivity (Wildman–Crippen MR) is 166 cm³/mol. The summed E-state index contributed by atoms with van der Waals surface area (Å²) in [6.45, 7) is 7.90. The number of carbonyl (C=O) groups is 1. The summed E-state index contributed by atoms with van der Waals surface area (Å²) in [5.41, 5.74) is 4.64. The second kappa shape index (κ2) is 11.6. The van der Waals surface area contributed by atoms with Gasteiger partial charge < -0.3 is 29.7 Å². The molecule has 0 radical (unpaired) electrons. The summed E-state index contributed by atoms with van der Waals surface area (Å²) in [6.07, 6.45) is 3.41. The van der Waals surface area contributed by atoms with E-state index in [1.54, 1.807) is 0 Å². The number of nitrogens with one attached hydrogen (secondary N) is 1. The first-order valence-electron chi connectivity index (χ1n) is 15.6. The van der Waals surface area contributed by atoms with E-state index in [4.69, 9.17) is 14.7 Å². The molecule has 5 heterocycles. The Kier molecular flexibility index (Phi) is 7.53. The van der Waals surface area contributed by atoms with Crippen LogP contribution in [0.2, 0.25) is 0 Å². The van der Waals surface area contributed by atoms with Gasteiger partial charge >= 0.3 is 6.01 Å². The number of nitrogens with zero attached hydrogens (tertiary/aromatic N) is 7. The van der Waals surface area contributed by atoms with Crippen molar-refractivity contribution in [2.45, 2.75) is 57.3 Å². The maximum absolute atomic E-state index is 13.0. The number of aryl methyl sites for hydroxylation is 1. The minimum absolute atomic E-state index is 0.100. The van der Waals surface area contributed by atoms with Gasteiger partial charge in [0.25, 0.3) is 0 Å². The fraction of sp³-hybridized carbons (Fsp3) is 0.515. The molecular weight excluding hydrogens is 540 g/mol. The van der Waals surface area contributed by atoms with Gasteiger partial charge in [-0.3, -0.25) is 4.79 Å². The lowest BCUT2D eigenvalue weighted by Gasteiger charge is -2.42. The van der Waals surface area contributed by atoms with Gasteiger partial charge in [-0.2, -0.15) is 15.2 Å². The number of likely N-dealkylation sites (tertiary alicyclic amines) is 1. The largest absolute Gasteiger partial charge is 0.462 e. The molecule has 0 saturated carbocycles. The highest BCUT2D eigenvalue weighted by Crippen LogP contribution is 2.36. The molecule has 3 atom stereocenters. The zero-order valence-electron chi connectivity index (χ0n) is 25.1. The molecule has 1 amide bonds. The molecule has 4 aliphatic rings. The zero-order valence-corrected chi connectivity index (χ0v) is 25.1. The van der Waals surface area contributed by atoms with Gasteiger partial charge in [0.2, 0.25) is 5.91 Å². The molecule has 4 aliphatic heterocycles. The highest BCUT2D eigenvalue weighted by atomic mass is 16.5. The molecule has 0 bridgehead atoms. The number of aromatic nitrogens is 2. The van der Waals surface area contributed by atoms with Crippen LogP contribution in [0.3, 0.4) is 0 Å². The zero-order chi connectivity index (χ0) is 29.5. The van der Waals surface area contributed by atoms with Crippen LogP contribution in [0.15, 0.2) is 36.4 Å². The number of anilines is 2. The van der Waals surface area contributed by atoms with Crippen molar-refractivity contribution in [3.8, 4) is 12.1 Å². The number of hydrogen-bond acceptors (Lipinski definition) is 9. The molecule has 10 heteroatoms. The minimum Gasteiger partial charge on any atom is -0.462 e. The van der Waals surface area contributed by atoms with E-state index >= 15 is 0 Å². The van der Waals surface area contributed by atoms with Crippen molar-refractivity contribution in [3.05, 3.63) is 53.2 Å². The third-order valence-corrected chi connectivity index (χ3v) is 9.63. The van der Waals surface area contributed by atoms with Gasteiger partial charge in [-0.1, -0.05) is 30.3 Å². The minimum atomic E-state index is -0.172. The number of carbonyl (C=O) groups excluding carboxylic acids is 1. The number of likely N-dealkylation sites (N-methyl/N-ethyl adjacent to an activating group) is 1. The molecule has 7 rings (SSSR count). The Hall–Kier alpha value is -3.94. The molecule has 2 aromatic carbocycles. The van der Waals surface area contributed by atoms with Crippen LogP contribution in [-0.2, 0) is 17.8 Å². The van der Waals surface area contributed by atoms with E-state index in [2.05, 4.69) is 76.5 Å². The second-order valence-electron chi connectivity index (χ2n) is 12.4. The van der Waals surface area contributed by atoms with Crippen molar-refractivity contribution in [2.75, 3.05) is 62.7 Å². The van der Waals surface area contributed by atoms with Crippen LogP contribution >= 0.6 is 0 Å². The number of ether oxygens (including phenoxy) is 1. The van der Waals surface area contributed by atoms with Gasteiger partial charge in [0.15, 0.2) is 0 Å². The Labute approximate surface area is 253 Å². The number of piperazine rings is 1. The van der Waals surface area contributed by atoms with Crippen LogP contribution in [0.25, 0.3) is 10.8 Å². The van der Waals surface area contributed by atoms with E-state index < -0.39 is 0 Å². The Balaban J connectivity index is 1.21. The molecule has 0 spiro atoms. The quantitative estimate of drug-likeness (QED) is 0.422. The Bertz CT molecular complexity index is 1560. The number of amides is 1. The van der Waals surface area contributed by atoms with Crippen molar-refractivity contribution >= 4 is 28.2 Å². The maximum atomic E-state index is 13.0. The molecule has 43 heavy (non-hydrogen) atoms. The van der Waals surface area contributed by atoms with Gasteiger partial charge in [0, 0.05) is 55.4 Å². The summed E-state index contributed by atoms with van der Waals surface area (Å²) in [7, 11) is 2.15. The Morgan fingerprint density at radius 2 is 1.93 bits per heavy atom. The van der Waals surface area contributed by atoms with Crippen LogP contribution < -0.4 is 19.9 Å². The molecule has 0 aliphatic carbocycles. The molecule has 3 fully saturated rings. The van der Waals surface area contributed by atoms with E-state index in [9.17, 15) is 10.1 Å². The maximum Gasteiger partial charge on any atom is 0.318 e. The number of hydrogen-bond donors (Lipinski definition) is 1. The van der Waals surface area contributed by atoms with Gasteiger partial charge in [0.05, 0.1) is 36.8 Å². The highest BCUT2D eigenvalue weighted by Gasteiger charge is 2.39. The van der Waals surface area contributed by atoms with Crippen LogP contribution in [0.4, 0.5) is 11.5 Å². The van der Waals surface area contributed by atoms with Crippen molar-refractivity contribution in [1.29, 1.82) is 5.26 Å². The summed E-state index contributed by atoms with van der Waals surface area (Å²) in [4.78, 5) is 32.0. The van der Waals surface area contributed by atoms with Gasteiger partial charge in [-0.15, -0.1) is 0 Å². The molecule has 1 aromatic heterocycles. The van der Waals surface area contributed by atoms with E-state index in [0.29, 0.717) is 51.3 Å². The normalized spacial score (nSPS) is 23.7. The average molecular weight is 581 g/mol. The predicted octanol–water partition coefficient (Wildman–Crippen LogP) is 2.88. The fourth-order valence-electron chi connectivity index (χ4n) is 7.10. The van der Waals surface area contributed by atoms with Crippen LogP contribution in [0, 0.1) is 18.3 Å². The summed E-state index contributed by atoms with van der Waals surface area (Å²) in [5, 5.41) is 15.3. The molecule has 10 nitrogen and oxygen atoms in total. The van der Waals surface area contributed by atoms with Crippen molar-refractivity contribution in [2.24, 2.45) is 0 Å². The molecule has 1 N–H and O–H groups in total. The van der Waals surface area contributed by atoms with Crippen LogP contribution in [-0.4, -0.2) is 96.7 Å². The molecule has 2 unspecified atom stereocenters. The van der Waals surface area contributed by atoms with E-state index in [-0.39, 0.29) is 18.0 Å². The lowest BCUT2D eigenvalue weighted by molar-refractivity contribution is -0.133. The Morgan fingerprint density at radius 1 is 1.09 bits per heavy atom. The summed E-state index contributed by atoms with van der Waals surface area (Å²) in [5.74, 6) is 1.00. The first-order chi connectivity index (χ1) is 21.0. The molecular formula is C33H40N8O2. The summed E-state index contributed by atoms with van der Waals surface area (Å²) < 4.78 is 6.33. The first-order valence-corrected chi connectivity index (χ1v) is 15.6. The topological polar surface area (TPSA) is 111 Å². The third kappa shape index (κ3) is 5.48. The molecule has 3 aromatic rings. The lowest BCUT2D eigenvalue weighted by Crippen LogP contribution is -2.57. The molecule has 3 saturated heterocycles. The van der Waals surface area contributed by atoms with Gasteiger partial charge in [-0.05, 0) is 56.8 Å². The molecule has 224 valence electrons. The standard InChI is InChI=1S/C33H40N8O2/c1-22-6-3-7-23-8-4-10-29(30(22)23)39-15-12-26-28(20-39)36-33(43-21-25-9-5-14-38(25)2)37-31(26)40-16-17-41(24(19-40)11-13-34)32(42)27-18-35-27/h3-4,6-8,10,24-25,27,35H,5,9,11-12,14-21H2,1-2H3/t24?,25?,27-/m1/s1. The van der Waals surface area contributed by atoms with Crippen LogP contribution in [0.5, 0.6) is 6.01 Å². The van der Waals surface area contributed by atoms with Crippen molar-refractivity contribution in [3.63, 3.8) is 0 Å². The number of benzene rings is 2. The van der Waals surface area contributed by atoms with E-state index in [1.807, 2.05) is 4.90 Å². The number of nitriles is 1. The summed E-state index contributed by atoms with van der Waals surface area (Å²) >= 11 is 0. The third-order valence-electron chi connectivity index (χ3n) is 9.63. The van der Waals surface area contributed by atoms with E-state index in [0.717, 1.165) is 49.6 Å². The monoisotopic (exact) mass is 580 g/mol. The van der Waals surface area contributed by atoms with E-state index in [1.165, 1.54) is 28.4 Å². The van der Waals surface area contributed by atoms with Crippen molar-refractivity contribution < 1.29 is 9.53 Å². The summed E-state index contributed by atoms with van der Waals surface area (Å²) in [6, 6.07) is 15.8. The SMILES string of the molecule is Cc1cccc2cccc(N3CCc4c(nc(OCC5CCCN5C)nc4N4CCN(C(=O)[C@H]5CN5)C(CC#N)C4)C3)c12. The Morgan fingerprint density at radius 3 is 2.70 bits per heavy atom. The second-order valence-corrected chi connectivity index (χ2v) is 12.4. The number of fused-ring (bicyclic) bond motifs is 2. The first kappa shape index (κ1) is 27.9. The highest BCUT2D eigenvalue weighted by molar-refractivity contribution is 5.97. The fourth-order valence-corrected chi connectivity index (χ4v) is 7.10. The van der Waals surface area contributed by atoms with Crippen molar-refractivity contribution in [1.82, 2.24) is 25.1 Å². The smallest absolute Gasteiger partial charge is 0.318 e. The van der Waals surface area contributed by atoms with Crippen LogP contribution in [0.1, 0.15) is 36.1 Å². The average Bonchev–Trinajstić information content (AvgIpc) is 3.80. The van der Waals surface area contributed by atoms with Gasteiger partial charge in [0.1, 0.15) is 12.4 Å². The van der Waals surface area contributed by atoms with Gasteiger partial charge in [-0.25, -0.2) is 0 Å². The number of rotatable bonds is 7.